The Morgan fingerprint density at radius 3 is 2.71 bits per heavy atom. The van der Waals surface area contributed by atoms with E-state index in [-0.39, 0.29) is 11.9 Å². The van der Waals surface area contributed by atoms with Crippen molar-refractivity contribution in [2.45, 2.75) is 23.5 Å². The van der Waals surface area contributed by atoms with Crippen LogP contribution in [0.15, 0.2) is 29.2 Å². The molecule has 0 spiro atoms. The maximum Gasteiger partial charge on any atom is 0.241 e. The lowest BCUT2D eigenvalue weighted by Gasteiger charge is -2.11. The van der Waals surface area contributed by atoms with Crippen molar-refractivity contribution in [2.24, 2.45) is 0 Å². The van der Waals surface area contributed by atoms with Crippen molar-refractivity contribution < 1.29 is 9.90 Å². The topological polar surface area (TPSA) is 61.4 Å². The summed E-state index contributed by atoms with van der Waals surface area (Å²) in [5.74, 6) is -0.0848. The molecule has 2 rings (SSSR count). The van der Waals surface area contributed by atoms with Gasteiger partial charge in [-0.2, -0.15) is 0 Å². The highest BCUT2D eigenvalue weighted by atomic mass is 32.2. The van der Waals surface area contributed by atoms with Gasteiger partial charge in [-0.3, -0.25) is 4.79 Å². The summed E-state index contributed by atoms with van der Waals surface area (Å²) in [6.07, 6.45) is 2.08. The maximum atomic E-state index is 11.8. The van der Waals surface area contributed by atoms with E-state index in [0.29, 0.717) is 13.0 Å². The zero-order valence-corrected chi connectivity index (χ0v) is 10.5. The van der Waals surface area contributed by atoms with E-state index in [0.717, 1.165) is 10.6 Å². The van der Waals surface area contributed by atoms with Gasteiger partial charge in [0.05, 0.1) is 12.1 Å². The van der Waals surface area contributed by atoms with E-state index in [2.05, 4.69) is 10.6 Å². The van der Waals surface area contributed by atoms with Gasteiger partial charge in [0.25, 0.3) is 0 Å². The molecule has 1 aromatic rings. The monoisotopic (exact) mass is 252 g/mol. The molecule has 1 saturated heterocycles. The summed E-state index contributed by atoms with van der Waals surface area (Å²) in [6.45, 7) is 0.490. The quantitative estimate of drug-likeness (QED) is 0.704. The minimum Gasteiger partial charge on any atom is -0.392 e. The summed E-state index contributed by atoms with van der Waals surface area (Å²) in [6, 6.07) is 7.42. The van der Waals surface area contributed by atoms with Crippen LogP contribution in [-0.4, -0.2) is 36.0 Å². The Hall–Kier alpha value is -1.04. The van der Waals surface area contributed by atoms with E-state index in [4.69, 9.17) is 0 Å². The lowest BCUT2D eigenvalue weighted by Crippen LogP contribution is -2.35. The molecule has 1 heterocycles. The molecule has 92 valence electrons. The van der Waals surface area contributed by atoms with Crippen molar-refractivity contribution in [3.63, 3.8) is 0 Å². The van der Waals surface area contributed by atoms with E-state index in [1.807, 2.05) is 30.5 Å². The number of amides is 1. The number of benzene rings is 1. The average Bonchev–Trinajstić information content (AvgIpc) is 2.77. The third kappa shape index (κ3) is 3.21. The highest BCUT2D eigenvalue weighted by Gasteiger charge is 2.27. The first-order valence-electron chi connectivity index (χ1n) is 5.55. The Balaban J connectivity index is 1.93. The molecule has 17 heavy (non-hydrogen) atoms. The number of hydrogen-bond donors (Lipinski definition) is 3. The molecule has 1 aliphatic heterocycles. The number of carbonyl (C=O) groups excluding carboxylic acids is 1. The lowest BCUT2D eigenvalue weighted by molar-refractivity contribution is -0.117. The van der Waals surface area contributed by atoms with E-state index in [1.54, 1.807) is 11.8 Å². The predicted molar refractivity (Wildman–Crippen MR) is 69.3 cm³/mol. The normalized spacial score (nSPS) is 23.6. The molecule has 0 saturated carbocycles. The number of rotatable bonds is 3. The number of β-amino-alcohol motifs (C(OH)–C–C–N with tert-alkyl or cyclic N) is 1. The van der Waals surface area contributed by atoms with Crippen molar-refractivity contribution in [3.8, 4) is 0 Å². The van der Waals surface area contributed by atoms with E-state index in [1.165, 1.54) is 0 Å². The molecule has 2 atom stereocenters. The highest BCUT2D eigenvalue weighted by molar-refractivity contribution is 7.98. The molecule has 1 fully saturated rings. The molecule has 0 radical (unpaired) electrons. The van der Waals surface area contributed by atoms with Crippen LogP contribution in [0.3, 0.4) is 0 Å². The van der Waals surface area contributed by atoms with Crippen LogP contribution >= 0.6 is 11.8 Å². The summed E-state index contributed by atoms with van der Waals surface area (Å²) in [5.41, 5.74) is 0.788. The maximum absolute atomic E-state index is 11.8. The zero-order chi connectivity index (χ0) is 12.3. The van der Waals surface area contributed by atoms with Crippen LogP contribution in [0.2, 0.25) is 0 Å². The Kier molecular flexibility index (Phi) is 4.04. The first-order chi connectivity index (χ1) is 8.19. The molecular formula is C12H16N2O2S. The van der Waals surface area contributed by atoms with Crippen molar-refractivity contribution in [1.29, 1.82) is 0 Å². The van der Waals surface area contributed by atoms with Gasteiger partial charge in [0, 0.05) is 17.1 Å². The molecule has 5 heteroatoms. The van der Waals surface area contributed by atoms with Gasteiger partial charge in [0.2, 0.25) is 5.91 Å². The molecule has 1 amide bonds. The number of aliphatic hydroxyl groups excluding tert-OH is 1. The molecule has 1 aliphatic rings. The number of aliphatic hydroxyl groups is 1. The van der Waals surface area contributed by atoms with Gasteiger partial charge in [-0.15, -0.1) is 11.8 Å². The van der Waals surface area contributed by atoms with Crippen LogP contribution in [0, 0.1) is 0 Å². The van der Waals surface area contributed by atoms with E-state index < -0.39 is 6.10 Å². The second-order valence-corrected chi connectivity index (χ2v) is 4.95. The first-order valence-corrected chi connectivity index (χ1v) is 6.78. The minimum absolute atomic E-state index is 0.0848. The molecule has 0 aliphatic carbocycles. The fourth-order valence-corrected chi connectivity index (χ4v) is 2.23. The predicted octanol–water partition coefficient (Wildman–Crippen LogP) is 1.07. The average molecular weight is 252 g/mol. The molecule has 1 aromatic carbocycles. The first kappa shape index (κ1) is 12.4. The van der Waals surface area contributed by atoms with Gasteiger partial charge >= 0.3 is 0 Å². The van der Waals surface area contributed by atoms with Crippen molar-refractivity contribution in [3.05, 3.63) is 24.3 Å². The van der Waals surface area contributed by atoms with Crippen LogP contribution in [0.4, 0.5) is 5.69 Å². The van der Waals surface area contributed by atoms with Gasteiger partial charge in [-0.05, 0) is 36.9 Å². The molecular weight excluding hydrogens is 236 g/mol. The van der Waals surface area contributed by atoms with Crippen molar-refractivity contribution >= 4 is 23.4 Å². The summed E-state index contributed by atoms with van der Waals surface area (Å²) >= 11 is 1.66. The van der Waals surface area contributed by atoms with Crippen LogP contribution in [0.1, 0.15) is 6.42 Å². The van der Waals surface area contributed by atoms with Crippen molar-refractivity contribution in [1.82, 2.24) is 5.32 Å². The van der Waals surface area contributed by atoms with Crippen LogP contribution in [0.25, 0.3) is 0 Å². The smallest absolute Gasteiger partial charge is 0.241 e. The second kappa shape index (κ2) is 5.53. The molecule has 4 nitrogen and oxygen atoms in total. The van der Waals surface area contributed by atoms with Gasteiger partial charge in [-0.25, -0.2) is 0 Å². The lowest BCUT2D eigenvalue weighted by atomic mass is 10.2. The van der Waals surface area contributed by atoms with E-state index in [9.17, 15) is 9.90 Å². The van der Waals surface area contributed by atoms with Gasteiger partial charge in [-0.1, -0.05) is 0 Å². The third-order valence-corrected chi connectivity index (χ3v) is 3.53. The van der Waals surface area contributed by atoms with Crippen molar-refractivity contribution in [2.75, 3.05) is 18.1 Å². The molecule has 3 N–H and O–H groups in total. The van der Waals surface area contributed by atoms with Gasteiger partial charge < -0.3 is 15.7 Å². The molecule has 0 aromatic heterocycles. The van der Waals surface area contributed by atoms with E-state index >= 15 is 0 Å². The number of carbonyl (C=O) groups is 1. The number of hydrogen-bond acceptors (Lipinski definition) is 4. The van der Waals surface area contributed by atoms with Gasteiger partial charge in [0.1, 0.15) is 0 Å². The number of anilines is 1. The van der Waals surface area contributed by atoms with Crippen LogP contribution < -0.4 is 10.6 Å². The van der Waals surface area contributed by atoms with Crippen LogP contribution in [0.5, 0.6) is 0 Å². The largest absolute Gasteiger partial charge is 0.392 e. The second-order valence-electron chi connectivity index (χ2n) is 4.07. The Bertz CT molecular complexity index is 394. The Morgan fingerprint density at radius 1 is 1.47 bits per heavy atom. The standard InChI is InChI=1S/C12H16N2O2S/c1-17-10-4-2-8(3-5-10)14-12(16)11-6-9(15)7-13-11/h2-5,9,11,13,15H,6-7H2,1H3,(H,14,16). The summed E-state index contributed by atoms with van der Waals surface area (Å²) in [4.78, 5) is 13.0. The van der Waals surface area contributed by atoms with Gasteiger partial charge in [0.15, 0.2) is 0 Å². The summed E-state index contributed by atoms with van der Waals surface area (Å²) in [7, 11) is 0. The Labute approximate surface area is 105 Å². The minimum atomic E-state index is -0.412. The van der Waals surface area contributed by atoms with Crippen LogP contribution in [-0.2, 0) is 4.79 Å². The Morgan fingerprint density at radius 2 is 2.18 bits per heavy atom. The number of nitrogens with one attached hydrogen (secondary N) is 2. The highest BCUT2D eigenvalue weighted by Crippen LogP contribution is 2.18. The number of thioether (sulfide) groups is 1. The fourth-order valence-electron chi connectivity index (χ4n) is 1.82. The fraction of sp³-hybridized carbons (Fsp3) is 0.417. The summed E-state index contributed by atoms with van der Waals surface area (Å²) in [5, 5.41) is 15.2. The SMILES string of the molecule is CSc1ccc(NC(=O)C2CC(O)CN2)cc1. The summed E-state index contributed by atoms with van der Waals surface area (Å²) < 4.78 is 0. The molecule has 0 bridgehead atoms. The third-order valence-electron chi connectivity index (χ3n) is 2.78. The zero-order valence-electron chi connectivity index (χ0n) is 9.64. The molecule has 2 unspecified atom stereocenters.